The average Bonchev–Trinajstić information content (AvgIpc) is 3.18. The van der Waals surface area contributed by atoms with Crippen molar-refractivity contribution in [2.75, 3.05) is 36.4 Å². The summed E-state index contributed by atoms with van der Waals surface area (Å²) in [5.74, 6) is 2.09. The van der Waals surface area contributed by atoms with E-state index in [-0.39, 0.29) is 11.5 Å². The molecular formula is C38H40F2N10O4S2. The van der Waals surface area contributed by atoms with E-state index in [1.807, 2.05) is 48.5 Å². The number of methoxy groups -OCH3 is 2. The number of hydrogen-bond donors (Lipinski definition) is 4. The molecule has 4 aromatic carbocycles. The molecule has 0 aliphatic rings. The molecule has 4 N–H and O–H groups in total. The lowest BCUT2D eigenvalue weighted by Gasteiger charge is -2.10. The normalized spacial score (nSPS) is 13.0. The van der Waals surface area contributed by atoms with E-state index >= 15 is 0 Å². The van der Waals surface area contributed by atoms with Crippen LogP contribution in [0.5, 0.6) is 11.5 Å². The molecule has 6 aromatic rings. The Morgan fingerprint density at radius 2 is 1.02 bits per heavy atom. The van der Waals surface area contributed by atoms with Gasteiger partial charge in [0.25, 0.3) is 0 Å². The van der Waals surface area contributed by atoms with Crippen molar-refractivity contribution < 1.29 is 26.7 Å². The Bertz CT molecular complexity index is 2350. The lowest BCUT2D eigenvalue weighted by atomic mass is 10.2. The van der Waals surface area contributed by atoms with Crippen molar-refractivity contribution in [1.82, 2.24) is 29.9 Å². The zero-order valence-corrected chi connectivity index (χ0v) is 32.6. The molecule has 56 heavy (non-hydrogen) atoms. The van der Waals surface area contributed by atoms with Gasteiger partial charge in [0.1, 0.15) is 35.8 Å². The molecule has 0 spiro atoms. The first-order chi connectivity index (χ1) is 26.8. The third-order valence-electron chi connectivity index (χ3n) is 8.05. The van der Waals surface area contributed by atoms with Gasteiger partial charge < -0.3 is 20.1 Å². The number of halogens is 2. The zero-order chi connectivity index (χ0) is 40.3. The van der Waals surface area contributed by atoms with Gasteiger partial charge in [-0.25, -0.2) is 37.1 Å². The van der Waals surface area contributed by atoms with Gasteiger partial charge in [0.2, 0.25) is 11.9 Å². The van der Waals surface area contributed by atoms with Crippen molar-refractivity contribution >= 4 is 42.7 Å². The van der Waals surface area contributed by atoms with Gasteiger partial charge in [-0.3, -0.25) is 9.56 Å². The highest BCUT2D eigenvalue weighted by atomic mass is 32.2. The minimum atomic E-state index is -2.63. The number of rotatable bonds is 14. The van der Waals surface area contributed by atoms with Crippen LogP contribution in [0.3, 0.4) is 0 Å². The van der Waals surface area contributed by atoms with Crippen LogP contribution in [-0.2, 0) is 31.0 Å². The van der Waals surface area contributed by atoms with Gasteiger partial charge in [0.05, 0.1) is 36.9 Å². The second-order valence-corrected chi connectivity index (χ2v) is 17.1. The van der Waals surface area contributed by atoms with Crippen LogP contribution in [0.15, 0.2) is 97.6 Å². The molecule has 2 unspecified atom stereocenters. The van der Waals surface area contributed by atoms with Crippen molar-refractivity contribution in [3.8, 4) is 34.3 Å². The van der Waals surface area contributed by atoms with Crippen LogP contribution in [0.4, 0.5) is 32.1 Å². The Labute approximate surface area is 324 Å². The number of anilines is 4. The summed E-state index contributed by atoms with van der Waals surface area (Å²) in [7, 11) is -2.36. The maximum absolute atomic E-state index is 13.4. The van der Waals surface area contributed by atoms with Crippen molar-refractivity contribution in [3.05, 3.63) is 120 Å². The monoisotopic (exact) mass is 802 g/mol. The van der Waals surface area contributed by atoms with Crippen LogP contribution in [-0.4, -0.2) is 64.0 Å². The Morgan fingerprint density at radius 3 is 1.39 bits per heavy atom. The molecule has 0 aliphatic carbocycles. The number of hydrogen-bond acceptors (Lipinski definition) is 14. The smallest absolute Gasteiger partial charge is 0.230 e. The molecule has 0 saturated carbocycles. The van der Waals surface area contributed by atoms with Crippen LogP contribution in [0.25, 0.3) is 22.8 Å². The molecule has 14 nitrogen and oxygen atoms in total. The molecule has 6 rings (SSSR count). The number of ether oxygens (including phenoxy) is 2. The lowest BCUT2D eigenvalue weighted by molar-refractivity contribution is 0.412. The second-order valence-electron chi connectivity index (χ2n) is 12.1. The fraction of sp³-hybridized carbons (Fsp3) is 0.211. The van der Waals surface area contributed by atoms with Crippen LogP contribution in [0.2, 0.25) is 0 Å². The molecule has 2 aromatic heterocycles. The van der Waals surface area contributed by atoms with Gasteiger partial charge in [-0.2, -0.15) is 9.97 Å². The minimum Gasteiger partial charge on any atom is -0.496 e. The number of nitrogens with zero attached hydrogens (tertiary/aromatic N) is 6. The molecule has 0 amide bonds. The van der Waals surface area contributed by atoms with E-state index in [1.165, 1.54) is 51.1 Å². The van der Waals surface area contributed by atoms with Gasteiger partial charge in [-0.05, 0) is 59.7 Å². The largest absolute Gasteiger partial charge is 0.496 e. The molecule has 2 heterocycles. The minimum absolute atomic E-state index is 0.189. The summed E-state index contributed by atoms with van der Waals surface area (Å²) in [6.07, 6.45) is 2.70. The fourth-order valence-electron chi connectivity index (χ4n) is 5.15. The van der Waals surface area contributed by atoms with Gasteiger partial charge in [0.15, 0.2) is 11.6 Å². The average molecular weight is 803 g/mol. The number of nitrogens with one attached hydrogen (secondary N) is 4. The first-order valence-corrected chi connectivity index (χ1v) is 20.9. The molecule has 0 saturated heterocycles. The quantitative estimate of drug-likeness (QED) is 0.0828. The van der Waals surface area contributed by atoms with E-state index in [9.17, 15) is 17.2 Å². The van der Waals surface area contributed by atoms with Gasteiger partial charge >= 0.3 is 0 Å². The van der Waals surface area contributed by atoms with Crippen LogP contribution in [0.1, 0.15) is 25.0 Å². The highest BCUT2D eigenvalue weighted by Gasteiger charge is 2.14. The van der Waals surface area contributed by atoms with Crippen LogP contribution >= 0.6 is 0 Å². The van der Waals surface area contributed by atoms with Crippen LogP contribution < -0.4 is 20.1 Å². The molecule has 18 heteroatoms. The van der Waals surface area contributed by atoms with Crippen molar-refractivity contribution in [1.29, 1.82) is 9.56 Å². The first kappa shape index (κ1) is 41.0. The Balaban J connectivity index is 0.000000214. The molecule has 2 atom stereocenters. The summed E-state index contributed by atoms with van der Waals surface area (Å²) >= 11 is 0. The molecular weight excluding hydrogens is 763 g/mol. The summed E-state index contributed by atoms with van der Waals surface area (Å²) < 4.78 is 77.0. The van der Waals surface area contributed by atoms with Gasteiger partial charge in [-0.15, -0.1) is 0 Å². The summed E-state index contributed by atoms with van der Waals surface area (Å²) in [5.41, 5.74) is 4.07. The molecule has 0 radical (unpaired) electrons. The SMILES string of the molecule is CCS(=N)(=O)Cc1cccc(Nc2ncnc(-c3ccc(F)cc3OC)n2)c1.CCS(=N)(=O)Cc1cccc(Nc2ncnc(-c3ccc(F)cc3OC)n2)c1. The van der Waals surface area contributed by atoms with Crippen LogP contribution in [0, 0.1) is 21.2 Å². The molecule has 0 aliphatic heterocycles. The maximum Gasteiger partial charge on any atom is 0.230 e. The third-order valence-corrected chi connectivity index (χ3v) is 11.5. The van der Waals surface area contributed by atoms with E-state index in [2.05, 4.69) is 40.5 Å². The predicted molar refractivity (Wildman–Crippen MR) is 213 cm³/mol. The predicted octanol–water partition coefficient (Wildman–Crippen LogP) is 7.99. The first-order valence-electron chi connectivity index (χ1n) is 17.1. The highest BCUT2D eigenvalue weighted by Crippen LogP contribution is 2.30. The lowest BCUT2D eigenvalue weighted by Crippen LogP contribution is -2.05. The zero-order valence-electron chi connectivity index (χ0n) is 31.0. The Kier molecular flexibility index (Phi) is 13.5. The Hall–Kier alpha value is -6.14. The highest BCUT2D eigenvalue weighted by molar-refractivity contribution is 7.91. The standard InChI is InChI=1S/2C19H20FN5O2S/c2*1-3-28(21,26)11-13-5-4-6-15(9-13)24-19-23-12-22-18(25-19)16-8-7-14(20)10-17(16)27-2/h2*4-10,12,21H,3,11H2,1-2H3,(H,22,23,24,25). The number of benzene rings is 4. The van der Waals surface area contributed by atoms with Crippen molar-refractivity contribution in [3.63, 3.8) is 0 Å². The van der Waals surface area contributed by atoms with E-state index in [0.29, 0.717) is 69.1 Å². The molecule has 292 valence electrons. The number of aromatic nitrogens is 6. The topological polar surface area (TPSA) is 202 Å². The maximum atomic E-state index is 13.4. The van der Waals surface area contributed by atoms with Gasteiger partial charge in [-0.1, -0.05) is 38.1 Å². The summed E-state index contributed by atoms with van der Waals surface area (Å²) in [6, 6.07) is 22.8. The van der Waals surface area contributed by atoms with E-state index in [4.69, 9.17) is 19.0 Å². The van der Waals surface area contributed by atoms with Crippen molar-refractivity contribution in [2.24, 2.45) is 0 Å². The molecule has 0 bridgehead atoms. The fourth-order valence-corrected chi connectivity index (χ4v) is 6.99. The Morgan fingerprint density at radius 1 is 0.607 bits per heavy atom. The van der Waals surface area contributed by atoms with Gasteiger partial charge in [0, 0.05) is 54.5 Å². The van der Waals surface area contributed by atoms with E-state index < -0.39 is 31.1 Å². The summed E-state index contributed by atoms with van der Waals surface area (Å²) in [6.45, 7) is 3.49. The second kappa shape index (κ2) is 18.5. The van der Waals surface area contributed by atoms with E-state index in [0.717, 1.165) is 11.1 Å². The third kappa shape index (κ3) is 11.4. The summed E-state index contributed by atoms with van der Waals surface area (Å²) in [5, 5.41) is 6.15. The van der Waals surface area contributed by atoms with E-state index in [1.54, 1.807) is 26.0 Å². The summed E-state index contributed by atoms with van der Waals surface area (Å²) in [4.78, 5) is 25.2. The molecule has 0 fully saturated rings. The van der Waals surface area contributed by atoms with Crippen molar-refractivity contribution in [2.45, 2.75) is 25.4 Å².